The van der Waals surface area contributed by atoms with Crippen LogP contribution in [0.15, 0.2) is 11.8 Å². The van der Waals surface area contributed by atoms with Gasteiger partial charge in [0, 0.05) is 42.8 Å². The molecule has 0 aliphatic carbocycles. The first-order valence-corrected chi connectivity index (χ1v) is 6.41. The van der Waals surface area contributed by atoms with E-state index < -0.39 is 6.10 Å². The summed E-state index contributed by atoms with van der Waals surface area (Å²) in [5, 5.41) is 24.8. The Morgan fingerprint density at radius 2 is 2.35 bits per heavy atom. The van der Waals surface area contributed by atoms with Crippen LogP contribution in [0.4, 0.5) is 0 Å². The van der Waals surface area contributed by atoms with Gasteiger partial charge in [0.15, 0.2) is 0 Å². The number of halogens is 1. The van der Waals surface area contributed by atoms with Crippen LogP contribution in [-0.4, -0.2) is 27.6 Å². The third-order valence-corrected chi connectivity index (χ3v) is 3.36. The number of nitrogens with zero attached hydrogens (tertiary/aromatic N) is 2. The summed E-state index contributed by atoms with van der Waals surface area (Å²) in [6.07, 6.45) is 2.02. The molecule has 0 aromatic carbocycles. The van der Waals surface area contributed by atoms with Crippen LogP contribution in [0.5, 0.6) is 0 Å². The Kier molecular flexibility index (Phi) is 5.13. The highest BCUT2D eigenvalue weighted by Crippen LogP contribution is 2.27. The van der Waals surface area contributed by atoms with Gasteiger partial charge < -0.3 is 15.8 Å². The van der Waals surface area contributed by atoms with Crippen molar-refractivity contribution < 1.29 is 5.11 Å². The number of hydrogen-bond donors (Lipinski definition) is 3. The molecule has 0 spiro atoms. The standard InChI is InChI=1S/C11H17IN4O/c1-4-14-6-8(5-13)10(17)9-7(2)16(3)15-11(9)12/h5-6,10,13-14,17H,4H2,1-3H3/b8-6+,13-5?. The van der Waals surface area contributed by atoms with Crippen LogP contribution in [0.3, 0.4) is 0 Å². The predicted octanol–water partition coefficient (Wildman–Crippen LogP) is 1.51. The molecule has 5 nitrogen and oxygen atoms in total. The topological polar surface area (TPSA) is 73.9 Å². The highest BCUT2D eigenvalue weighted by Gasteiger charge is 2.21. The molecule has 17 heavy (non-hydrogen) atoms. The second kappa shape index (κ2) is 6.15. The molecule has 0 aliphatic rings. The van der Waals surface area contributed by atoms with Gasteiger partial charge in [0.05, 0.1) is 0 Å². The molecule has 0 saturated heterocycles. The minimum absolute atomic E-state index is 0.529. The molecule has 1 rings (SSSR count). The quantitative estimate of drug-likeness (QED) is 0.558. The molecule has 0 bridgehead atoms. The van der Waals surface area contributed by atoms with E-state index >= 15 is 0 Å². The number of aromatic nitrogens is 2. The van der Waals surface area contributed by atoms with Crippen molar-refractivity contribution in [3.05, 3.63) is 26.7 Å². The van der Waals surface area contributed by atoms with Gasteiger partial charge in [0.1, 0.15) is 9.80 Å². The lowest BCUT2D eigenvalue weighted by atomic mass is 10.0. The minimum Gasteiger partial charge on any atom is -0.391 e. The van der Waals surface area contributed by atoms with Crippen LogP contribution in [0.2, 0.25) is 0 Å². The second-order valence-electron chi connectivity index (χ2n) is 3.66. The maximum Gasteiger partial charge on any atom is 0.129 e. The van der Waals surface area contributed by atoms with Crippen LogP contribution in [-0.2, 0) is 7.05 Å². The molecule has 0 saturated carbocycles. The van der Waals surface area contributed by atoms with E-state index in [0.29, 0.717) is 5.57 Å². The van der Waals surface area contributed by atoms with E-state index in [4.69, 9.17) is 5.41 Å². The zero-order valence-corrected chi connectivity index (χ0v) is 12.3. The molecule has 0 amide bonds. The molecule has 6 heteroatoms. The van der Waals surface area contributed by atoms with Crippen molar-refractivity contribution in [2.45, 2.75) is 20.0 Å². The van der Waals surface area contributed by atoms with E-state index in [9.17, 15) is 5.11 Å². The summed E-state index contributed by atoms with van der Waals surface area (Å²) in [4.78, 5) is 0. The zero-order valence-electron chi connectivity index (χ0n) is 10.2. The van der Waals surface area contributed by atoms with Crippen molar-refractivity contribution in [1.29, 1.82) is 5.41 Å². The van der Waals surface area contributed by atoms with Crippen molar-refractivity contribution in [3.63, 3.8) is 0 Å². The number of rotatable bonds is 5. The van der Waals surface area contributed by atoms with Gasteiger partial charge in [0.2, 0.25) is 0 Å². The highest BCUT2D eigenvalue weighted by atomic mass is 127. The lowest BCUT2D eigenvalue weighted by Gasteiger charge is -2.12. The summed E-state index contributed by atoms with van der Waals surface area (Å²) < 4.78 is 2.49. The first kappa shape index (κ1) is 14.2. The predicted molar refractivity (Wildman–Crippen MR) is 76.2 cm³/mol. The molecule has 0 aliphatic heterocycles. The third-order valence-electron chi connectivity index (χ3n) is 2.56. The molecule has 0 fully saturated rings. The van der Waals surface area contributed by atoms with Crippen molar-refractivity contribution >= 4 is 28.8 Å². The summed E-state index contributed by atoms with van der Waals surface area (Å²) in [5.41, 5.74) is 2.20. The smallest absolute Gasteiger partial charge is 0.129 e. The Balaban J connectivity index is 3.10. The van der Waals surface area contributed by atoms with Crippen LogP contribution in [0.1, 0.15) is 24.3 Å². The van der Waals surface area contributed by atoms with E-state index in [1.54, 1.807) is 10.9 Å². The molecule has 1 aromatic heterocycles. The number of aliphatic hydroxyl groups is 1. The van der Waals surface area contributed by atoms with Gasteiger partial charge >= 0.3 is 0 Å². The fourth-order valence-corrected chi connectivity index (χ4v) is 2.49. The Hall–Kier alpha value is -0.890. The molecular formula is C11H17IN4O. The summed E-state index contributed by atoms with van der Waals surface area (Å²) in [5.74, 6) is 0. The SMILES string of the molecule is CCN/C=C(\C=N)C(O)c1c(I)nn(C)c1C. The molecule has 1 heterocycles. The molecule has 1 unspecified atom stereocenters. The average Bonchev–Trinajstić information content (AvgIpc) is 2.54. The summed E-state index contributed by atoms with van der Waals surface area (Å²) in [6.45, 7) is 4.62. The highest BCUT2D eigenvalue weighted by molar-refractivity contribution is 14.1. The van der Waals surface area contributed by atoms with E-state index in [1.165, 1.54) is 0 Å². The van der Waals surface area contributed by atoms with Crippen molar-refractivity contribution in [2.24, 2.45) is 7.05 Å². The van der Waals surface area contributed by atoms with Crippen LogP contribution in [0, 0.1) is 16.0 Å². The number of aliphatic hydroxyl groups excluding tert-OH is 1. The molecule has 1 aromatic rings. The normalized spacial score (nSPS) is 13.6. The lowest BCUT2D eigenvalue weighted by Crippen LogP contribution is -2.11. The third kappa shape index (κ3) is 3.06. The summed E-state index contributed by atoms with van der Waals surface area (Å²) in [6, 6.07) is 0. The number of nitrogens with one attached hydrogen (secondary N) is 2. The minimum atomic E-state index is -0.813. The number of aryl methyl sites for hydroxylation is 1. The molecule has 3 N–H and O–H groups in total. The van der Waals surface area contributed by atoms with Crippen molar-refractivity contribution in [1.82, 2.24) is 15.1 Å². The first-order valence-electron chi connectivity index (χ1n) is 5.33. The summed E-state index contributed by atoms with van der Waals surface area (Å²) in [7, 11) is 1.84. The Morgan fingerprint density at radius 3 is 2.76 bits per heavy atom. The van der Waals surface area contributed by atoms with Gasteiger partial charge in [0.25, 0.3) is 0 Å². The fourth-order valence-electron chi connectivity index (χ4n) is 1.48. The molecular weight excluding hydrogens is 331 g/mol. The van der Waals surface area contributed by atoms with E-state index in [-0.39, 0.29) is 0 Å². The van der Waals surface area contributed by atoms with Gasteiger partial charge in [-0.3, -0.25) is 4.68 Å². The Labute approximate surface area is 115 Å². The second-order valence-corrected chi connectivity index (χ2v) is 4.68. The maximum atomic E-state index is 10.3. The van der Waals surface area contributed by atoms with Crippen LogP contribution < -0.4 is 5.32 Å². The van der Waals surface area contributed by atoms with Gasteiger partial charge in [-0.2, -0.15) is 5.10 Å². The van der Waals surface area contributed by atoms with Gasteiger partial charge in [-0.1, -0.05) is 0 Å². The number of hydrogen-bond acceptors (Lipinski definition) is 4. The average molecular weight is 348 g/mol. The monoisotopic (exact) mass is 348 g/mol. The van der Waals surface area contributed by atoms with Crippen LogP contribution >= 0.6 is 22.6 Å². The van der Waals surface area contributed by atoms with Crippen molar-refractivity contribution in [2.75, 3.05) is 6.54 Å². The van der Waals surface area contributed by atoms with Crippen molar-refractivity contribution in [3.8, 4) is 0 Å². The summed E-state index contributed by atoms with van der Waals surface area (Å²) >= 11 is 2.09. The Bertz CT molecular complexity index is 439. The van der Waals surface area contributed by atoms with E-state index in [0.717, 1.165) is 27.7 Å². The van der Waals surface area contributed by atoms with Gasteiger partial charge in [-0.25, -0.2) is 0 Å². The van der Waals surface area contributed by atoms with E-state index in [1.807, 2.05) is 20.9 Å². The largest absolute Gasteiger partial charge is 0.391 e. The van der Waals surface area contributed by atoms with Crippen LogP contribution in [0.25, 0.3) is 0 Å². The zero-order chi connectivity index (χ0) is 13.0. The molecule has 94 valence electrons. The fraction of sp³-hybridized carbons (Fsp3) is 0.455. The maximum absolute atomic E-state index is 10.3. The Morgan fingerprint density at radius 1 is 1.71 bits per heavy atom. The lowest BCUT2D eigenvalue weighted by molar-refractivity contribution is 0.220. The molecule has 1 atom stereocenters. The van der Waals surface area contributed by atoms with E-state index in [2.05, 4.69) is 33.0 Å². The molecule has 0 radical (unpaired) electrons. The van der Waals surface area contributed by atoms with Gasteiger partial charge in [-0.05, 0) is 36.4 Å². The first-order chi connectivity index (χ1) is 8.02. The van der Waals surface area contributed by atoms with Gasteiger partial charge in [-0.15, -0.1) is 0 Å².